The number of benzene rings is 1. The maximum Gasteiger partial charge on any atom is 0.275 e. The molecule has 1 atom stereocenters. The number of amides is 2. The molecule has 0 unspecified atom stereocenters. The Morgan fingerprint density at radius 1 is 1.14 bits per heavy atom. The lowest BCUT2D eigenvalue weighted by Gasteiger charge is -2.12. The summed E-state index contributed by atoms with van der Waals surface area (Å²) >= 11 is 0. The highest BCUT2D eigenvalue weighted by molar-refractivity contribution is 5.85. The lowest BCUT2D eigenvalue weighted by molar-refractivity contribution is -0.682. The lowest BCUT2D eigenvalue weighted by atomic mass is 10.1. The summed E-state index contributed by atoms with van der Waals surface area (Å²) in [7, 11) is 0. The van der Waals surface area contributed by atoms with E-state index in [0.29, 0.717) is 5.56 Å². The average molecular weight is 314 g/mol. The van der Waals surface area contributed by atoms with E-state index in [1.165, 1.54) is 6.07 Å². The third kappa shape index (κ3) is 6.17. The maximum atomic E-state index is 13.1. The number of hydrogen-bond donors (Lipinski definition) is 3. The van der Waals surface area contributed by atoms with Gasteiger partial charge in [0.25, 0.3) is 5.91 Å². The zero-order chi connectivity index (χ0) is 16.7. The fraction of sp³-hybridized carbons (Fsp3) is 0.467. The highest BCUT2D eigenvalue weighted by Gasteiger charge is 2.14. The van der Waals surface area contributed by atoms with Crippen molar-refractivity contribution in [2.75, 3.05) is 13.1 Å². The molecule has 0 aromatic heterocycles. The number of carbonyl (C=O) groups is 2. The van der Waals surface area contributed by atoms with Crippen LogP contribution in [0.5, 0.6) is 0 Å². The molecule has 0 heterocycles. The van der Waals surface area contributed by atoms with Crippen LogP contribution in [0.15, 0.2) is 18.2 Å². The van der Waals surface area contributed by atoms with E-state index in [4.69, 9.17) is 0 Å². The molecular formula is C15H22F2N3O2+. The van der Waals surface area contributed by atoms with Crippen molar-refractivity contribution in [3.8, 4) is 0 Å². The van der Waals surface area contributed by atoms with Gasteiger partial charge in [-0.1, -0.05) is 0 Å². The molecule has 0 aliphatic carbocycles. The third-order valence-electron chi connectivity index (χ3n) is 3.02. The van der Waals surface area contributed by atoms with Crippen LogP contribution >= 0.6 is 0 Å². The van der Waals surface area contributed by atoms with Crippen LogP contribution in [0.25, 0.3) is 0 Å². The Morgan fingerprint density at radius 2 is 1.82 bits per heavy atom. The van der Waals surface area contributed by atoms with Gasteiger partial charge in [-0.05, 0) is 39.0 Å². The molecule has 0 aliphatic heterocycles. The van der Waals surface area contributed by atoms with Crippen molar-refractivity contribution in [1.29, 1.82) is 0 Å². The SMILES string of the molecule is CC(C)NC(=O)CNC(=O)C[NH2+][C@@H](C)c1ccc(F)c(F)c1. The summed E-state index contributed by atoms with van der Waals surface area (Å²) in [5, 5.41) is 6.84. The Bertz CT molecular complexity index is 536. The normalized spacial score (nSPS) is 12.1. The van der Waals surface area contributed by atoms with Crippen LogP contribution in [-0.4, -0.2) is 30.9 Å². The van der Waals surface area contributed by atoms with Crippen molar-refractivity contribution >= 4 is 11.8 Å². The Balaban J connectivity index is 2.37. The van der Waals surface area contributed by atoms with Gasteiger partial charge < -0.3 is 16.0 Å². The van der Waals surface area contributed by atoms with Crippen LogP contribution in [-0.2, 0) is 9.59 Å². The smallest absolute Gasteiger partial charge is 0.275 e. The molecule has 0 aliphatic rings. The maximum absolute atomic E-state index is 13.1. The molecule has 0 saturated heterocycles. The molecule has 0 radical (unpaired) electrons. The topological polar surface area (TPSA) is 74.8 Å². The zero-order valence-corrected chi connectivity index (χ0v) is 13.0. The van der Waals surface area contributed by atoms with Crippen LogP contribution in [0, 0.1) is 11.6 Å². The molecule has 0 fully saturated rings. The summed E-state index contributed by atoms with van der Waals surface area (Å²) in [6.07, 6.45) is 0. The molecule has 22 heavy (non-hydrogen) atoms. The summed E-state index contributed by atoms with van der Waals surface area (Å²) in [6, 6.07) is 3.47. The monoisotopic (exact) mass is 314 g/mol. The number of halogens is 2. The van der Waals surface area contributed by atoms with Gasteiger partial charge in [-0.2, -0.15) is 0 Å². The molecular weight excluding hydrogens is 292 g/mol. The lowest BCUT2D eigenvalue weighted by Crippen LogP contribution is -2.87. The molecule has 1 aromatic rings. The molecule has 4 N–H and O–H groups in total. The fourth-order valence-corrected chi connectivity index (χ4v) is 1.84. The van der Waals surface area contributed by atoms with Crippen molar-refractivity contribution in [2.24, 2.45) is 0 Å². The van der Waals surface area contributed by atoms with E-state index in [0.717, 1.165) is 12.1 Å². The van der Waals surface area contributed by atoms with Gasteiger partial charge in [-0.15, -0.1) is 0 Å². The van der Waals surface area contributed by atoms with E-state index in [-0.39, 0.29) is 37.0 Å². The molecule has 0 saturated carbocycles. The molecule has 1 rings (SSSR count). The summed E-state index contributed by atoms with van der Waals surface area (Å²) in [5.74, 6) is -2.36. The Kier molecular flexibility index (Phi) is 6.91. The van der Waals surface area contributed by atoms with Gasteiger partial charge in [0.05, 0.1) is 6.54 Å². The minimum absolute atomic E-state index is 0.0179. The third-order valence-corrected chi connectivity index (χ3v) is 3.02. The van der Waals surface area contributed by atoms with Crippen LogP contribution in [0.2, 0.25) is 0 Å². The number of nitrogens with two attached hydrogens (primary N) is 1. The van der Waals surface area contributed by atoms with Crippen molar-refractivity contribution in [2.45, 2.75) is 32.9 Å². The summed E-state index contributed by atoms with van der Waals surface area (Å²) in [6.45, 7) is 5.46. The Hall–Kier alpha value is -2.02. The fourth-order valence-electron chi connectivity index (χ4n) is 1.84. The number of rotatable bonds is 7. The van der Waals surface area contributed by atoms with Gasteiger partial charge in [0.2, 0.25) is 5.91 Å². The van der Waals surface area contributed by atoms with Gasteiger partial charge in [0, 0.05) is 11.6 Å². The van der Waals surface area contributed by atoms with Crippen LogP contribution in [0.3, 0.4) is 0 Å². The van der Waals surface area contributed by atoms with Gasteiger partial charge >= 0.3 is 0 Å². The van der Waals surface area contributed by atoms with E-state index in [1.54, 1.807) is 12.2 Å². The van der Waals surface area contributed by atoms with Gasteiger partial charge in [-0.3, -0.25) is 9.59 Å². The molecule has 7 heteroatoms. The number of hydrogen-bond acceptors (Lipinski definition) is 2. The Labute approximate surface area is 128 Å². The van der Waals surface area contributed by atoms with Crippen LogP contribution in [0.4, 0.5) is 8.78 Å². The van der Waals surface area contributed by atoms with E-state index >= 15 is 0 Å². The average Bonchev–Trinajstić information content (AvgIpc) is 2.44. The first-order valence-corrected chi connectivity index (χ1v) is 7.14. The summed E-state index contributed by atoms with van der Waals surface area (Å²) in [5.41, 5.74) is 0.587. The van der Waals surface area contributed by atoms with Crippen molar-refractivity contribution in [1.82, 2.24) is 10.6 Å². The van der Waals surface area contributed by atoms with E-state index in [2.05, 4.69) is 10.6 Å². The predicted octanol–water partition coefficient (Wildman–Crippen LogP) is 0.230. The minimum Gasteiger partial charge on any atom is -0.352 e. The first-order valence-electron chi connectivity index (χ1n) is 7.14. The molecule has 122 valence electrons. The quantitative estimate of drug-likeness (QED) is 0.674. The predicted molar refractivity (Wildman–Crippen MR) is 77.9 cm³/mol. The standard InChI is InChI=1S/C15H21F2N3O2/c1-9(2)20-15(22)8-19-14(21)7-18-10(3)11-4-5-12(16)13(17)6-11/h4-6,9-10,18H,7-8H2,1-3H3,(H,19,21)(H,20,22)/p+1/t10-/m0/s1. The second kappa shape index (κ2) is 8.43. The molecule has 1 aromatic carbocycles. The molecule has 5 nitrogen and oxygen atoms in total. The van der Waals surface area contributed by atoms with E-state index < -0.39 is 11.6 Å². The summed E-state index contributed by atoms with van der Waals surface area (Å²) < 4.78 is 26.0. The number of quaternary nitrogens is 1. The van der Waals surface area contributed by atoms with Gasteiger partial charge in [-0.25, -0.2) is 8.78 Å². The van der Waals surface area contributed by atoms with E-state index in [9.17, 15) is 18.4 Å². The van der Waals surface area contributed by atoms with Crippen molar-refractivity contribution in [3.63, 3.8) is 0 Å². The highest BCUT2D eigenvalue weighted by Crippen LogP contribution is 2.12. The largest absolute Gasteiger partial charge is 0.352 e. The van der Waals surface area contributed by atoms with Gasteiger partial charge in [0.1, 0.15) is 6.04 Å². The van der Waals surface area contributed by atoms with Crippen molar-refractivity contribution < 1.29 is 23.7 Å². The second-order valence-electron chi connectivity index (χ2n) is 5.40. The Morgan fingerprint density at radius 3 is 2.41 bits per heavy atom. The first-order chi connectivity index (χ1) is 10.3. The van der Waals surface area contributed by atoms with Gasteiger partial charge in [0.15, 0.2) is 18.2 Å². The van der Waals surface area contributed by atoms with Crippen molar-refractivity contribution in [3.05, 3.63) is 35.4 Å². The zero-order valence-electron chi connectivity index (χ0n) is 13.0. The van der Waals surface area contributed by atoms with Crippen LogP contribution in [0.1, 0.15) is 32.4 Å². The number of carbonyl (C=O) groups excluding carboxylic acids is 2. The molecule has 0 bridgehead atoms. The minimum atomic E-state index is -0.910. The van der Waals surface area contributed by atoms with Crippen LogP contribution < -0.4 is 16.0 Å². The highest BCUT2D eigenvalue weighted by atomic mass is 19.2. The second-order valence-corrected chi connectivity index (χ2v) is 5.40. The van der Waals surface area contributed by atoms with E-state index in [1.807, 2.05) is 13.8 Å². The first kappa shape index (κ1) is 18.0. The number of nitrogens with one attached hydrogen (secondary N) is 2. The summed E-state index contributed by atoms with van der Waals surface area (Å²) in [4.78, 5) is 23.0. The molecule has 0 spiro atoms. The molecule has 2 amide bonds.